The lowest BCUT2D eigenvalue weighted by molar-refractivity contribution is -0.132. The largest absolute Gasteiger partial charge is 0.342 e. The number of nitriles is 1. The minimum Gasteiger partial charge on any atom is -0.342 e. The van der Waals surface area contributed by atoms with Crippen molar-refractivity contribution in [2.24, 2.45) is 5.41 Å². The first-order valence-corrected chi connectivity index (χ1v) is 6.50. The third kappa shape index (κ3) is 4.10. The Kier molecular flexibility index (Phi) is 4.72. The van der Waals surface area contributed by atoms with E-state index in [-0.39, 0.29) is 17.4 Å². The van der Waals surface area contributed by atoms with Gasteiger partial charge in [0.1, 0.15) is 0 Å². The molecule has 0 saturated carbocycles. The van der Waals surface area contributed by atoms with E-state index in [1.807, 2.05) is 19.2 Å². The summed E-state index contributed by atoms with van der Waals surface area (Å²) in [6.45, 7) is 8.45. The van der Waals surface area contributed by atoms with Crippen LogP contribution in [0.5, 0.6) is 0 Å². The Morgan fingerprint density at radius 3 is 2.26 bits per heavy atom. The van der Waals surface area contributed by atoms with E-state index in [9.17, 15) is 4.79 Å². The molecule has 0 radical (unpaired) electrons. The van der Waals surface area contributed by atoms with Gasteiger partial charge < -0.3 is 4.90 Å². The van der Waals surface area contributed by atoms with Gasteiger partial charge in [-0.1, -0.05) is 32.9 Å². The second kappa shape index (κ2) is 5.88. The van der Waals surface area contributed by atoms with Crippen molar-refractivity contribution >= 4 is 5.91 Å². The quantitative estimate of drug-likeness (QED) is 0.836. The highest BCUT2D eigenvalue weighted by molar-refractivity contribution is 5.78. The maximum Gasteiger partial charge on any atom is 0.226 e. The van der Waals surface area contributed by atoms with Crippen LogP contribution in [-0.2, 0) is 11.2 Å². The summed E-state index contributed by atoms with van der Waals surface area (Å²) in [4.78, 5) is 14.0. The second-order valence-electron chi connectivity index (χ2n) is 6.03. The van der Waals surface area contributed by atoms with Crippen molar-refractivity contribution in [1.82, 2.24) is 4.90 Å². The van der Waals surface area contributed by atoms with Gasteiger partial charge in [-0.2, -0.15) is 5.26 Å². The molecule has 0 heterocycles. The van der Waals surface area contributed by atoms with Crippen LogP contribution in [0.3, 0.4) is 0 Å². The number of rotatable bonds is 3. The summed E-state index contributed by atoms with van der Waals surface area (Å²) >= 11 is 0. The van der Waals surface area contributed by atoms with E-state index in [0.29, 0.717) is 12.0 Å². The van der Waals surface area contributed by atoms with Gasteiger partial charge in [-0.15, -0.1) is 0 Å². The van der Waals surface area contributed by atoms with E-state index >= 15 is 0 Å². The zero-order valence-electron chi connectivity index (χ0n) is 12.4. The molecule has 0 aliphatic carbocycles. The van der Waals surface area contributed by atoms with Crippen LogP contribution in [0.1, 0.15) is 38.8 Å². The summed E-state index contributed by atoms with van der Waals surface area (Å²) in [5.74, 6) is 0.104. The molecule has 0 spiro atoms. The number of carbonyl (C=O) groups excluding carboxylic acids is 1. The number of carbonyl (C=O) groups is 1. The first-order chi connectivity index (χ1) is 8.75. The molecule has 0 N–H and O–H groups in total. The standard InChI is InChI=1S/C16H22N2O/c1-12(16(2,3)4)18(5)15(19)10-13-6-8-14(11-17)9-7-13/h6-9,12H,10H2,1-5H3. The van der Waals surface area contributed by atoms with Gasteiger partial charge >= 0.3 is 0 Å². The normalized spacial score (nSPS) is 12.6. The van der Waals surface area contributed by atoms with Crippen LogP contribution in [0.25, 0.3) is 0 Å². The van der Waals surface area contributed by atoms with Crippen molar-refractivity contribution in [2.45, 2.75) is 40.2 Å². The predicted molar refractivity (Wildman–Crippen MR) is 76.5 cm³/mol. The molecule has 0 bridgehead atoms. The average molecular weight is 258 g/mol. The molecule has 0 saturated heterocycles. The molecule has 0 aliphatic rings. The first kappa shape index (κ1) is 15.2. The molecule has 1 unspecified atom stereocenters. The lowest BCUT2D eigenvalue weighted by Gasteiger charge is -2.35. The Balaban J connectivity index is 2.71. The maximum absolute atomic E-state index is 12.2. The molecule has 0 aliphatic heterocycles. The third-order valence-corrected chi connectivity index (χ3v) is 3.67. The molecule has 1 atom stereocenters. The summed E-state index contributed by atoms with van der Waals surface area (Å²) < 4.78 is 0. The first-order valence-electron chi connectivity index (χ1n) is 6.50. The molecule has 0 fully saturated rings. The van der Waals surface area contributed by atoms with Gasteiger partial charge in [0.05, 0.1) is 18.1 Å². The summed E-state index contributed by atoms with van der Waals surface area (Å²) in [5.41, 5.74) is 1.62. The van der Waals surface area contributed by atoms with Gasteiger partial charge in [0, 0.05) is 13.1 Å². The second-order valence-corrected chi connectivity index (χ2v) is 6.03. The molecule has 1 rings (SSSR count). The predicted octanol–water partition coefficient (Wildman–Crippen LogP) is 2.99. The number of likely N-dealkylation sites (N-methyl/N-ethyl adjacent to an activating group) is 1. The highest BCUT2D eigenvalue weighted by Crippen LogP contribution is 2.23. The summed E-state index contributed by atoms with van der Waals surface area (Å²) in [5, 5.41) is 8.74. The van der Waals surface area contributed by atoms with Crippen molar-refractivity contribution < 1.29 is 4.79 Å². The molecule has 19 heavy (non-hydrogen) atoms. The van der Waals surface area contributed by atoms with E-state index < -0.39 is 0 Å². The molecule has 1 aromatic carbocycles. The minimum absolute atomic E-state index is 0.0646. The van der Waals surface area contributed by atoms with E-state index in [2.05, 4.69) is 33.8 Å². The fourth-order valence-corrected chi connectivity index (χ4v) is 1.79. The smallest absolute Gasteiger partial charge is 0.226 e. The van der Waals surface area contributed by atoms with Crippen molar-refractivity contribution in [3.05, 3.63) is 35.4 Å². The van der Waals surface area contributed by atoms with Crippen LogP contribution in [-0.4, -0.2) is 23.9 Å². The molecule has 1 amide bonds. The Labute approximate surface area is 115 Å². The zero-order chi connectivity index (χ0) is 14.6. The van der Waals surface area contributed by atoms with Crippen LogP contribution in [0.15, 0.2) is 24.3 Å². The summed E-state index contributed by atoms with van der Waals surface area (Å²) in [6, 6.07) is 9.42. The van der Waals surface area contributed by atoms with Crippen molar-refractivity contribution in [1.29, 1.82) is 5.26 Å². The highest BCUT2D eigenvalue weighted by atomic mass is 16.2. The van der Waals surface area contributed by atoms with E-state index in [4.69, 9.17) is 5.26 Å². The van der Waals surface area contributed by atoms with Gasteiger partial charge in [0.25, 0.3) is 0 Å². The molecule has 0 aromatic heterocycles. The lowest BCUT2D eigenvalue weighted by Crippen LogP contribution is -2.43. The summed E-state index contributed by atoms with van der Waals surface area (Å²) in [6.07, 6.45) is 0.378. The van der Waals surface area contributed by atoms with Crippen LogP contribution >= 0.6 is 0 Å². The Hall–Kier alpha value is -1.82. The van der Waals surface area contributed by atoms with E-state index in [1.165, 1.54) is 0 Å². The maximum atomic E-state index is 12.2. The van der Waals surface area contributed by atoms with E-state index in [1.54, 1.807) is 17.0 Å². The molecular weight excluding hydrogens is 236 g/mol. The summed E-state index contributed by atoms with van der Waals surface area (Å²) in [7, 11) is 1.85. The number of nitrogens with zero attached hydrogens (tertiary/aromatic N) is 2. The van der Waals surface area contributed by atoms with Gasteiger partial charge in [-0.25, -0.2) is 0 Å². The molecule has 3 heteroatoms. The fourth-order valence-electron chi connectivity index (χ4n) is 1.79. The van der Waals surface area contributed by atoms with Crippen LogP contribution in [0.4, 0.5) is 0 Å². The van der Waals surface area contributed by atoms with Gasteiger partial charge in [-0.05, 0) is 30.0 Å². The Bertz CT molecular complexity index is 477. The number of hydrogen-bond donors (Lipinski definition) is 0. The number of amides is 1. The van der Waals surface area contributed by atoms with Crippen molar-refractivity contribution in [3.63, 3.8) is 0 Å². The van der Waals surface area contributed by atoms with Crippen molar-refractivity contribution in [3.8, 4) is 6.07 Å². The minimum atomic E-state index is 0.0646. The SMILES string of the molecule is CC(N(C)C(=O)Cc1ccc(C#N)cc1)C(C)(C)C. The third-order valence-electron chi connectivity index (χ3n) is 3.67. The monoisotopic (exact) mass is 258 g/mol. The number of hydrogen-bond acceptors (Lipinski definition) is 2. The van der Waals surface area contributed by atoms with Crippen LogP contribution < -0.4 is 0 Å². The van der Waals surface area contributed by atoms with Gasteiger partial charge in [0.15, 0.2) is 0 Å². The van der Waals surface area contributed by atoms with E-state index in [0.717, 1.165) is 5.56 Å². The molecule has 102 valence electrons. The Morgan fingerprint density at radius 1 is 1.32 bits per heavy atom. The van der Waals surface area contributed by atoms with Gasteiger partial charge in [0.2, 0.25) is 5.91 Å². The average Bonchev–Trinajstić information content (AvgIpc) is 2.36. The lowest BCUT2D eigenvalue weighted by atomic mass is 9.87. The molecular formula is C16H22N2O. The number of benzene rings is 1. The molecule has 1 aromatic rings. The van der Waals surface area contributed by atoms with Crippen LogP contribution in [0.2, 0.25) is 0 Å². The van der Waals surface area contributed by atoms with Crippen LogP contribution in [0, 0.1) is 16.7 Å². The fraction of sp³-hybridized carbons (Fsp3) is 0.500. The van der Waals surface area contributed by atoms with Crippen molar-refractivity contribution in [2.75, 3.05) is 7.05 Å². The van der Waals surface area contributed by atoms with Gasteiger partial charge in [-0.3, -0.25) is 4.79 Å². The Morgan fingerprint density at radius 2 is 1.84 bits per heavy atom. The molecule has 3 nitrogen and oxygen atoms in total. The topological polar surface area (TPSA) is 44.1 Å². The highest BCUT2D eigenvalue weighted by Gasteiger charge is 2.26. The zero-order valence-corrected chi connectivity index (χ0v) is 12.4.